The molecule has 1 aromatic carbocycles. The second kappa shape index (κ2) is 17.0. The van der Waals surface area contributed by atoms with Gasteiger partial charge in [0.05, 0.1) is 31.1 Å². The van der Waals surface area contributed by atoms with Gasteiger partial charge in [0.25, 0.3) is 5.91 Å². The molecule has 4 heterocycles. The van der Waals surface area contributed by atoms with Crippen LogP contribution in [0.4, 0.5) is 14.6 Å². The number of methoxy groups -OCH3 is 1. The molecule has 4 N–H and O–H groups in total. The lowest BCUT2D eigenvalue weighted by molar-refractivity contribution is -0.153. The maximum atomic E-state index is 14.2. The van der Waals surface area contributed by atoms with Gasteiger partial charge in [-0.1, -0.05) is 18.2 Å². The van der Waals surface area contributed by atoms with Crippen molar-refractivity contribution in [3.63, 3.8) is 0 Å². The number of hydroxylamine groups is 3. The summed E-state index contributed by atoms with van der Waals surface area (Å²) >= 11 is 0. The van der Waals surface area contributed by atoms with Crippen molar-refractivity contribution in [2.24, 2.45) is 5.73 Å². The Bertz CT molecular complexity index is 1540. The van der Waals surface area contributed by atoms with Gasteiger partial charge in [0, 0.05) is 49.3 Å². The largest absolute Gasteiger partial charge is 0.383 e. The number of benzene rings is 1. The minimum atomic E-state index is -1.17. The highest BCUT2D eigenvalue weighted by atomic mass is 19.2. The van der Waals surface area contributed by atoms with Crippen molar-refractivity contribution in [1.29, 1.82) is 0 Å². The molecule has 1 saturated heterocycles. The van der Waals surface area contributed by atoms with Crippen molar-refractivity contribution < 1.29 is 32.8 Å². The van der Waals surface area contributed by atoms with Crippen LogP contribution in [-0.2, 0) is 19.2 Å². The van der Waals surface area contributed by atoms with E-state index in [1.54, 1.807) is 29.0 Å². The minimum Gasteiger partial charge on any atom is -0.383 e. The number of anilines is 1. The fraction of sp³-hybridized carbons (Fsp3) is 0.300. The van der Waals surface area contributed by atoms with Gasteiger partial charge in [-0.05, 0) is 44.3 Å². The molecule has 3 aromatic heterocycles. The molecule has 15 heteroatoms. The molecule has 0 saturated carbocycles. The summed E-state index contributed by atoms with van der Waals surface area (Å²) in [5.41, 5.74) is 10.2. The molecule has 45 heavy (non-hydrogen) atoms. The van der Waals surface area contributed by atoms with E-state index >= 15 is 0 Å². The van der Waals surface area contributed by atoms with Gasteiger partial charge in [0.15, 0.2) is 5.82 Å². The lowest BCUT2D eigenvalue weighted by atomic mass is 10.0. The van der Waals surface area contributed by atoms with Crippen LogP contribution >= 0.6 is 0 Å². The summed E-state index contributed by atoms with van der Waals surface area (Å²) in [6.45, 7) is 5.21. The Kier molecular flexibility index (Phi) is 13.1. The van der Waals surface area contributed by atoms with Gasteiger partial charge >= 0.3 is 0 Å². The van der Waals surface area contributed by atoms with Crippen LogP contribution in [0.15, 0.2) is 60.9 Å². The number of halogens is 2. The zero-order valence-corrected chi connectivity index (χ0v) is 25.4. The molecule has 1 amide bonds. The van der Waals surface area contributed by atoms with Crippen LogP contribution in [0.25, 0.3) is 16.9 Å². The minimum absolute atomic E-state index is 0.163. The molecule has 2 atom stereocenters. The summed E-state index contributed by atoms with van der Waals surface area (Å²) < 4.78 is 34.8. The van der Waals surface area contributed by atoms with E-state index in [1.807, 2.05) is 44.0 Å². The monoisotopic (exact) mass is 626 g/mol. The Morgan fingerprint density at radius 3 is 2.53 bits per heavy atom. The molecule has 1 fully saturated rings. The van der Waals surface area contributed by atoms with E-state index in [0.29, 0.717) is 42.3 Å². The van der Waals surface area contributed by atoms with Gasteiger partial charge in [-0.15, -0.1) is 0 Å². The molecule has 0 aliphatic carbocycles. The molecule has 240 valence electrons. The molecule has 1 aliphatic rings. The number of carbonyl (C=O) groups is 2. The van der Waals surface area contributed by atoms with Crippen LogP contribution in [0.2, 0.25) is 0 Å². The van der Waals surface area contributed by atoms with Crippen LogP contribution in [0.3, 0.4) is 0 Å². The summed E-state index contributed by atoms with van der Waals surface area (Å²) in [5, 5.41) is 10.2. The highest BCUT2D eigenvalue weighted by Crippen LogP contribution is 2.36. The second-order valence-corrected chi connectivity index (χ2v) is 9.33. The molecule has 0 unspecified atom stereocenters. The molecule has 13 nitrogen and oxygen atoms in total. The van der Waals surface area contributed by atoms with Crippen LogP contribution in [0, 0.1) is 18.7 Å². The molecule has 0 spiro atoms. The standard InChI is InChI=1S/C28H29F2N7O4.CH5N.CH2O/c1-17-24(18-9-10-31-22(14-18)28(38)35-40-3)34-37(20-7-5-4-6-8-20)27(17)33-23-16-36(11-12-39-2)41-25(23)19-13-21(29)26(30)32-15-19;2*1-2/h4-10,13-15,23,25,33H,11-12,16H2,1-3H3,(H,35,38);2H2,1H3;1H2/t23-,25+;;/m1../s1. The molecule has 0 radical (unpaired) electrons. The number of amides is 1. The number of carbonyl (C=O) groups excluding carboxylic acids is 2. The third-order valence-electron chi connectivity index (χ3n) is 6.63. The first-order chi connectivity index (χ1) is 21.9. The SMILES string of the molecule is C=O.CN.COCCN1C[C@@H](Nc2c(C)c(-c3ccnc(C(=O)NOC)c3)nn2-c2ccccc2)[C@H](c2cnc(F)c(F)c2)O1. The molecular weight excluding hydrogens is 590 g/mol. The van der Waals surface area contributed by atoms with Crippen molar-refractivity contribution >= 4 is 18.5 Å². The number of nitrogens with one attached hydrogen (secondary N) is 2. The van der Waals surface area contributed by atoms with E-state index in [0.717, 1.165) is 17.3 Å². The normalized spacial score (nSPS) is 15.8. The molecule has 1 aliphatic heterocycles. The van der Waals surface area contributed by atoms with E-state index in [9.17, 15) is 13.6 Å². The van der Waals surface area contributed by atoms with Crippen molar-refractivity contribution in [2.45, 2.75) is 19.1 Å². The third kappa shape index (κ3) is 8.29. The van der Waals surface area contributed by atoms with Gasteiger partial charge in [-0.2, -0.15) is 14.6 Å². The Balaban J connectivity index is 0.00000133. The number of para-hydroxylation sites is 1. The predicted octanol–water partition coefficient (Wildman–Crippen LogP) is 3.01. The summed E-state index contributed by atoms with van der Waals surface area (Å²) in [5.74, 6) is -2.06. The first kappa shape index (κ1) is 34.8. The fourth-order valence-electron chi connectivity index (χ4n) is 4.65. The van der Waals surface area contributed by atoms with Gasteiger partial charge < -0.3 is 20.6 Å². The average Bonchev–Trinajstić information content (AvgIpc) is 3.64. The van der Waals surface area contributed by atoms with Gasteiger partial charge in [-0.3, -0.25) is 19.5 Å². The molecule has 0 bridgehead atoms. The smallest absolute Gasteiger partial charge is 0.293 e. The van der Waals surface area contributed by atoms with E-state index in [1.165, 1.54) is 26.6 Å². The lowest BCUT2D eigenvalue weighted by Gasteiger charge is -2.21. The number of hydrogen-bond donors (Lipinski definition) is 3. The third-order valence-corrected chi connectivity index (χ3v) is 6.63. The van der Waals surface area contributed by atoms with Crippen molar-refractivity contribution in [2.75, 3.05) is 46.3 Å². The summed E-state index contributed by atoms with van der Waals surface area (Å²) in [7, 11) is 4.44. The number of pyridine rings is 2. The first-order valence-electron chi connectivity index (χ1n) is 13.7. The number of hydrogen-bond acceptors (Lipinski definition) is 11. The first-order valence-corrected chi connectivity index (χ1v) is 13.7. The lowest BCUT2D eigenvalue weighted by Crippen LogP contribution is -2.30. The van der Waals surface area contributed by atoms with Crippen LogP contribution in [0.1, 0.15) is 27.7 Å². The quantitative estimate of drug-likeness (QED) is 0.176. The highest BCUT2D eigenvalue weighted by Gasteiger charge is 2.37. The highest BCUT2D eigenvalue weighted by molar-refractivity contribution is 5.92. The Morgan fingerprint density at radius 1 is 1.13 bits per heavy atom. The zero-order valence-electron chi connectivity index (χ0n) is 25.4. The number of nitrogens with zero attached hydrogens (tertiary/aromatic N) is 5. The summed E-state index contributed by atoms with van der Waals surface area (Å²) in [4.78, 5) is 38.9. The Morgan fingerprint density at radius 2 is 1.87 bits per heavy atom. The molecular formula is C30H36F2N8O5. The van der Waals surface area contributed by atoms with Gasteiger partial charge in [0.1, 0.15) is 24.4 Å². The molecule has 5 rings (SSSR count). The predicted molar refractivity (Wildman–Crippen MR) is 162 cm³/mol. The zero-order chi connectivity index (χ0) is 32.9. The maximum Gasteiger partial charge on any atom is 0.293 e. The van der Waals surface area contributed by atoms with E-state index in [2.05, 4.69) is 26.5 Å². The fourth-order valence-corrected chi connectivity index (χ4v) is 4.65. The summed E-state index contributed by atoms with van der Waals surface area (Å²) in [6.07, 6.45) is 2.12. The number of ether oxygens (including phenoxy) is 1. The molecule has 4 aromatic rings. The van der Waals surface area contributed by atoms with Crippen LogP contribution in [0.5, 0.6) is 0 Å². The van der Waals surface area contributed by atoms with Crippen molar-refractivity contribution in [3.05, 3.63) is 89.5 Å². The topological polar surface area (TPSA) is 159 Å². The van der Waals surface area contributed by atoms with Crippen LogP contribution in [-0.4, -0.2) is 84.5 Å². The van der Waals surface area contributed by atoms with Crippen molar-refractivity contribution in [3.8, 4) is 16.9 Å². The van der Waals surface area contributed by atoms with Crippen molar-refractivity contribution in [1.82, 2.24) is 30.3 Å². The van der Waals surface area contributed by atoms with Crippen LogP contribution < -0.4 is 16.5 Å². The number of rotatable bonds is 10. The van der Waals surface area contributed by atoms with E-state index in [4.69, 9.17) is 24.3 Å². The van der Waals surface area contributed by atoms with Gasteiger partial charge in [0.2, 0.25) is 5.95 Å². The van der Waals surface area contributed by atoms with E-state index in [-0.39, 0.29) is 5.69 Å². The summed E-state index contributed by atoms with van der Waals surface area (Å²) in [6, 6.07) is 13.6. The Labute approximate surface area is 259 Å². The average molecular weight is 627 g/mol. The number of nitrogens with two attached hydrogens (primary N) is 1. The Hall–Kier alpha value is -4.67. The van der Waals surface area contributed by atoms with Gasteiger partial charge in [-0.25, -0.2) is 19.5 Å². The van der Waals surface area contributed by atoms with E-state index < -0.39 is 29.8 Å². The second-order valence-electron chi connectivity index (χ2n) is 9.33. The maximum absolute atomic E-state index is 14.2. The number of aromatic nitrogens is 4.